The molecular weight excluding hydrogens is 412 g/mol. The van der Waals surface area contributed by atoms with Gasteiger partial charge in [-0.1, -0.05) is 30.3 Å². The van der Waals surface area contributed by atoms with Crippen molar-refractivity contribution in [3.05, 3.63) is 101 Å². The number of amides is 2. The van der Waals surface area contributed by atoms with E-state index < -0.39 is 0 Å². The normalized spacial score (nSPS) is 11.8. The number of benzene rings is 3. The number of fused-ring (bicyclic) bond motifs is 1. The molecule has 0 fully saturated rings. The zero-order chi connectivity index (χ0) is 23.5. The average molecular weight is 439 g/mol. The molecule has 4 rings (SSSR count). The van der Waals surface area contributed by atoms with Gasteiger partial charge in [-0.3, -0.25) is 9.59 Å². The Morgan fingerprint density at radius 3 is 2.24 bits per heavy atom. The molecule has 0 saturated carbocycles. The molecule has 0 spiro atoms. The van der Waals surface area contributed by atoms with E-state index in [0.717, 1.165) is 22.5 Å². The number of aryl methyl sites for hydroxylation is 2. The summed E-state index contributed by atoms with van der Waals surface area (Å²) in [5.41, 5.74) is 5.96. The summed E-state index contributed by atoms with van der Waals surface area (Å²) in [6.07, 6.45) is 0. The molecule has 33 heavy (non-hydrogen) atoms. The molecule has 0 aliphatic carbocycles. The van der Waals surface area contributed by atoms with Crippen LogP contribution in [0.4, 0.5) is 5.69 Å². The van der Waals surface area contributed by atoms with Crippen LogP contribution in [-0.4, -0.2) is 33.7 Å². The van der Waals surface area contributed by atoms with Gasteiger partial charge in [0.25, 0.3) is 11.8 Å². The molecule has 6 heteroatoms. The molecule has 166 valence electrons. The van der Waals surface area contributed by atoms with E-state index in [1.54, 1.807) is 36.2 Å². The van der Waals surface area contributed by atoms with Gasteiger partial charge in [0.2, 0.25) is 0 Å². The fourth-order valence-corrected chi connectivity index (χ4v) is 3.64. The Labute approximate surface area is 193 Å². The van der Waals surface area contributed by atoms with Crippen LogP contribution in [-0.2, 0) is 0 Å². The maximum atomic E-state index is 13.2. The minimum Gasteiger partial charge on any atom is -0.335 e. The minimum absolute atomic E-state index is 0.108. The lowest BCUT2D eigenvalue weighted by molar-refractivity contribution is 0.0742. The number of aromatic nitrogens is 2. The fourth-order valence-electron chi connectivity index (χ4n) is 3.64. The quantitative estimate of drug-likeness (QED) is 0.457. The molecule has 1 N–H and O–H groups in total. The van der Waals surface area contributed by atoms with Crippen molar-refractivity contribution in [2.75, 3.05) is 12.4 Å². The molecule has 3 aromatic carbocycles. The summed E-state index contributed by atoms with van der Waals surface area (Å²) in [5, 5.41) is 2.93. The fraction of sp³-hybridized carbons (Fsp3) is 0.185. The van der Waals surface area contributed by atoms with Crippen molar-refractivity contribution in [3.63, 3.8) is 0 Å². The van der Waals surface area contributed by atoms with Crippen LogP contribution in [0.15, 0.2) is 72.8 Å². The molecule has 1 aromatic heterocycles. The predicted molar refractivity (Wildman–Crippen MR) is 130 cm³/mol. The maximum Gasteiger partial charge on any atom is 0.255 e. The van der Waals surface area contributed by atoms with Crippen molar-refractivity contribution >= 4 is 28.5 Å². The summed E-state index contributed by atoms with van der Waals surface area (Å²) < 4.78 is 0. The zero-order valence-corrected chi connectivity index (χ0v) is 19.2. The Morgan fingerprint density at radius 2 is 1.52 bits per heavy atom. The molecule has 1 heterocycles. The molecule has 0 saturated heterocycles. The number of carbonyl (C=O) groups excluding carboxylic acids is 2. The van der Waals surface area contributed by atoms with Crippen molar-refractivity contribution in [1.82, 2.24) is 14.9 Å². The van der Waals surface area contributed by atoms with Gasteiger partial charge in [0.1, 0.15) is 0 Å². The number of anilines is 1. The van der Waals surface area contributed by atoms with E-state index in [1.807, 2.05) is 69.3 Å². The first-order chi connectivity index (χ1) is 15.8. The van der Waals surface area contributed by atoms with Crippen LogP contribution < -0.4 is 5.32 Å². The second-order valence-corrected chi connectivity index (χ2v) is 8.14. The smallest absolute Gasteiger partial charge is 0.255 e. The van der Waals surface area contributed by atoms with E-state index in [9.17, 15) is 9.59 Å². The van der Waals surface area contributed by atoms with Crippen molar-refractivity contribution in [1.29, 1.82) is 0 Å². The SMILES string of the molecule is Cc1nc2ccc(C(=O)N(C)C(C)c3cccc(NC(=O)c4ccccc4)c3)cc2nc1C. The number of nitrogens with zero attached hydrogens (tertiary/aromatic N) is 3. The highest BCUT2D eigenvalue weighted by Crippen LogP contribution is 2.25. The lowest BCUT2D eigenvalue weighted by Gasteiger charge is -2.26. The number of hydrogen-bond acceptors (Lipinski definition) is 4. The second-order valence-electron chi connectivity index (χ2n) is 8.14. The van der Waals surface area contributed by atoms with Gasteiger partial charge < -0.3 is 10.2 Å². The number of carbonyl (C=O) groups is 2. The van der Waals surface area contributed by atoms with Crippen LogP contribution in [0, 0.1) is 13.8 Å². The number of nitrogens with one attached hydrogen (secondary N) is 1. The highest BCUT2D eigenvalue weighted by atomic mass is 16.2. The van der Waals surface area contributed by atoms with Gasteiger partial charge >= 0.3 is 0 Å². The van der Waals surface area contributed by atoms with Gasteiger partial charge in [-0.15, -0.1) is 0 Å². The molecule has 0 radical (unpaired) electrons. The van der Waals surface area contributed by atoms with Gasteiger partial charge in [-0.2, -0.15) is 0 Å². The molecule has 4 aromatic rings. The molecule has 0 aliphatic heterocycles. The summed E-state index contributed by atoms with van der Waals surface area (Å²) in [6, 6.07) is 21.8. The Bertz CT molecular complexity index is 1330. The van der Waals surface area contributed by atoms with Crippen LogP contribution in [0.2, 0.25) is 0 Å². The van der Waals surface area contributed by atoms with Gasteiger partial charge in [0.15, 0.2) is 0 Å². The molecule has 1 atom stereocenters. The Hall–Kier alpha value is -4.06. The third-order valence-corrected chi connectivity index (χ3v) is 5.89. The van der Waals surface area contributed by atoms with Crippen molar-refractivity contribution < 1.29 is 9.59 Å². The minimum atomic E-state index is -0.201. The molecule has 6 nitrogen and oxygen atoms in total. The van der Waals surface area contributed by atoms with Crippen LogP contribution in [0.1, 0.15) is 50.6 Å². The highest BCUT2D eigenvalue weighted by Gasteiger charge is 2.20. The van der Waals surface area contributed by atoms with Crippen molar-refractivity contribution in [2.24, 2.45) is 0 Å². The van der Waals surface area contributed by atoms with E-state index in [-0.39, 0.29) is 17.9 Å². The first kappa shape index (κ1) is 22.1. The highest BCUT2D eigenvalue weighted by molar-refractivity contribution is 6.04. The second kappa shape index (κ2) is 9.20. The predicted octanol–water partition coefficient (Wildman–Crippen LogP) is 5.33. The largest absolute Gasteiger partial charge is 0.335 e. The van der Waals surface area contributed by atoms with Gasteiger partial charge in [-0.05, 0) is 68.8 Å². The molecule has 0 aliphatic rings. The van der Waals surface area contributed by atoms with Gasteiger partial charge in [-0.25, -0.2) is 9.97 Å². The first-order valence-electron chi connectivity index (χ1n) is 10.8. The third-order valence-electron chi connectivity index (χ3n) is 5.89. The maximum absolute atomic E-state index is 13.2. The lowest BCUT2D eigenvalue weighted by Crippen LogP contribution is -2.29. The third kappa shape index (κ3) is 4.75. The van der Waals surface area contributed by atoms with Crippen LogP contribution in [0.5, 0.6) is 0 Å². The summed E-state index contributed by atoms with van der Waals surface area (Å²) >= 11 is 0. The molecular formula is C27H26N4O2. The van der Waals surface area contributed by atoms with Crippen LogP contribution in [0.3, 0.4) is 0 Å². The Balaban J connectivity index is 1.53. The Morgan fingerprint density at radius 1 is 0.818 bits per heavy atom. The van der Waals surface area contributed by atoms with Crippen LogP contribution >= 0.6 is 0 Å². The topological polar surface area (TPSA) is 75.2 Å². The molecule has 1 unspecified atom stereocenters. The van der Waals surface area contributed by atoms with E-state index in [1.165, 1.54) is 0 Å². The number of rotatable bonds is 5. The van der Waals surface area contributed by atoms with Crippen molar-refractivity contribution in [2.45, 2.75) is 26.8 Å². The van der Waals surface area contributed by atoms with Gasteiger partial charge in [0, 0.05) is 23.9 Å². The lowest BCUT2D eigenvalue weighted by atomic mass is 10.0. The number of hydrogen-bond donors (Lipinski definition) is 1. The van der Waals surface area contributed by atoms with Gasteiger partial charge in [0.05, 0.1) is 28.5 Å². The van der Waals surface area contributed by atoms with E-state index in [4.69, 9.17) is 0 Å². The summed E-state index contributed by atoms with van der Waals surface area (Å²) in [5.74, 6) is -0.282. The summed E-state index contributed by atoms with van der Waals surface area (Å²) in [4.78, 5) is 36.5. The van der Waals surface area contributed by atoms with Crippen LogP contribution in [0.25, 0.3) is 11.0 Å². The monoisotopic (exact) mass is 438 g/mol. The first-order valence-corrected chi connectivity index (χ1v) is 10.8. The van der Waals surface area contributed by atoms with E-state index in [2.05, 4.69) is 15.3 Å². The molecule has 0 bridgehead atoms. The van der Waals surface area contributed by atoms with E-state index >= 15 is 0 Å². The van der Waals surface area contributed by atoms with E-state index in [0.29, 0.717) is 22.3 Å². The summed E-state index contributed by atoms with van der Waals surface area (Å²) in [6.45, 7) is 5.80. The summed E-state index contributed by atoms with van der Waals surface area (Å²) in [7, 11) is 1.78. The molecule has 2 amide bonds. The van der Waals surface area contributed by atoms with Crippen molar-refractivity contribution in [3.8, 4) is 0 Å². The Kier molecular flexibility index (Phi) is 6.18. The zero-order valence-electron chi connectivity index (χ0n) is 19.2. The average Bonchev–Trinajstić information content (AvgIpc) is 2.83. The standard InChI is InChI=1S/C27H26N4O2/c1-17-18(2)29-25-16-22(13-14-24(25)28-17)27(33)31(4)19(3)21-11-8-12-23(15-21)30-26(32)20-9-6-5-7-10-20/h5-16,19H,1-4H3,(H,30,32).